The summed E-state index contributed by atoms with van der Waals surface area (Å²) in [5, 5.41) is 6.92. The van der Waals surface area contributed by atoms with Crippen LogP contribution in [0.1, 0.15) is 11.6 Å². The maximum atomic E-state index is 12.6. The van der Waals surface area contributed by atoms with Gasteiger partial charge in [0.25, 0.3) is 0 Å². The van der Waals surface area contributed by atoms with Crippen molar-refractivity contribution in [3.05, 3.63) is 65.2 Å². The van der Waals surface area contributed by atoms with E-state index in [4.69, 9.17) is 11.6 Å². The first kappa shape index (κ1) is 17.3. The molecule has 1 amide bonds. The maximum Gasteiger partial charge on any atom is 0.247 e. The summed E-state index contributed by atoms with van der Waals surface area (Å²) < 4.78 is 0. The molecule has 2 aromatic carbocycles. The lowest BCUT2D eigenvalue weighted by Gasteiger charge is -2.20. The van der Waals surface area contributed by atoms with Crippen LogP contribution in [0, 0.1) is 0 Å². The minimum absolute atomic E-state index is 0.0481. The van der Waals surface area contributed by atoms with Gasteiger partial charge in [-0.2, -0.15) is 0 Å². The molecule has 2 N–H and O–H groups in total. The van der Waals surface area contributed by atoms with Crippen LogP contribution in [-0.2, 0) is 4.79 Å². The number of hydrogen-bond acceptors (Lipinski definition) is 3. The van der Waals surface area contributed by atoms with Gasteiger partial charge in [0.2, 0.25) is 5.91 Å². The molecule has 2 rings (SSSR count). The minimum atomic E-state index is -0.445. The summed E-state index contributed by atoms with van der Waals surface area (Å²) in [4.78, 5) is 14.6. The lowest BCUT2D eigenvalue weighted by Crippen LogP contribution is -2.37. The van der Waals surface area contributed by atoms with Crippen molar-refractivity contribution >= 4 is 23.2 Å². The lowest BCUT2D eigenvalue weighted by atomic mass is 10.1. The molecule has 0 saturated heterocycles. The number of nitrogens with one attached hydrogen (secondary N) is 2. The number of carbonyl (C=O) groups is 1. The summed E-state index contributed by atoms with van der Waals surface area (Å²) in [5.41, 5.74) is 1.77. The number of amides is 1. The van der Waals surface area contributed by atoms with Crippen molar-refractivity contribution in [1.29, 1.82) is 0 Å². The topological polar surface area (TPSA) is 44.4 Å². The Labute approximate surface area is 142 Å². The average molecular weight is 332 g/mol. The predicted octanol–water partition coefficient (Wildman–Crippen LogP) is 3.17. The van der Waals surface area contributed by atoms with Crippen molar-refractivity contribution in [1.82, 2.24) is 10.2 Å². The fourth-order valence-electron chi connectivity index (χ4n) is 2.16. The van der Waals surface area contributed by atoms with Crippen molar-refractivity contribution in [2.24, 2.45) is 0 Å². The molecule has 0 saturated carbocycles. The van der Waals surface area contributed by atoms with Crippen LogP contribution < -0.4 is 10.6 Å². The molecule has 0 aliphatic heterocycles. The van der Waals surface area contributed by atoms with Crippen LogP contribution in [0.25, 0.3) is 0 Å². The second-order valence-corrected chi connectivity index (χ2v) is 6.03. The van der Waals surface area contributed by atoms with Gasteiger partial charge in [0.15, 0.2) is 0 Å². The highest BCUT2D eigenvalue weighted by Crippen LogP contribution is 2.21. The number of likely N-dealkylation sites (N-methyl/N-ethyl adjacent to an activating group) is 1. The number of anilines is 1. The van der Waals surface area contributed by atoms with E-state index in [1.807, 2.05) is 61.5 Å². The molecule has 0 aliphatic rings. The third-order valence-corrected chi connectivity index (χ3v) is 3.66. The Hall–Kier alpha value is -2.04. The van der Waals surface area contributed by atoms with E-state index < -0.39 is 6.04 Å². The summed E-state index contributed by atoms with van der Waals surface area (Å²) in [6.07, 6.45) is 0. The van der Waals surface area contributed by atoms with Gasteiger partial charge in [0, 0.05) is 23.8 Å². The van der Waals surface area contributed by atoms with Crippen molar-refractivity contribution < 1.29 is 4.79 Å². The Kier molecular flexibility index (Phi) is 6.44. The van der Waals surface area contributed by atoms with Crippen molar-refractivity contribution in [2.45, 2.75) is 6.04 Å². The normalized spacial score (nSPS) is 12.0. The molecule has 0 spiro atoms. The van der Waals surface area contributed by atoms with Crippen LogP contribution in [0.2, 0.25) is 5.02 Å². The van der Waals surface area contributed by atoms with E-state index in [-0.39, 0.29) is 5.91 Å². The molecule has 5 heteroatoms. The molecular formula is C18H22ClN3O. The molecule has 0 radical (unpaired) electrons. The molecule has 23 heavy (non-hydrogen) atoms. The number of halogens is 1. The van der Waals surface area contributed by atoms with Crippen LogP contribution in [-0.4, -0.2) is 38.0 Å². The largest absolute Gasteiger partial charge is 0.370 e. The summed E-state index contributed by atoms with van der Waals surface area (Å²) in [7, 11) is 3.96. The molecule has 4 nitrogen and oxygen atoms in total. The zero-order valence-corrected chi connectivity index (χ0v) is 14.2. The van der Waals surface area contributed by atoms with Crippen LogP contribution in [0.15, 0.2) is 54.6 Å². The van der Waals surface area contributed by atoms with E-state index in [2.05, 4.69) is 10.6 Å². The Morgan fingerprint density at radius 2 is 1.74 bits per heavy atom. The van der Waals surface area contributed by atoms with Crippen LogP contribution in [0.3, 0.4) is 0 Å². The molecule has 0 bridgehead atoms. The van der Waals surface area contributed by atoms with Crippen LogP contribution >= 0.6 is 11.6 Å². The van der Waals surface area contributed by atoms with Gasteiger partial charge < -0.3 is 15.5 Å². The third kappa shape index (κ3) is 5.58. The molecule has 122 valence electrons. The van der Waals surface area contributed by atoms with Crippen LogP contribution in [0.4, 0.5) is 5.69 Å². The Bertz CT molecular complexity index is 614. The van der Waals surface area contributed by atoms with Crippen molar-refractivity contribution in [3.63, 3.8) is 0 Å². The molecule has 0 aliphatic carbocycles. The quantitative estimate of drug-likeness (QED) is 0.819. The number of nitrogens with zero attached hydrogens (tertiary/aromatic N) is 1. The van der Waals surface area contributed by atoms with Crippen molar-refractivity contribution in [2.75, 3.05) is 32.5 Å². The number of hydrogen-bond donors (Lipinski definition) is 2. The standard InChI is InChI=1S/C18H22ClN3O/c1-22(2)13-12-20-18(23)17(14-6-4-3-5-7-14)21-16-10-8-15(19)9-11-16/h3-11,17,21H,12-13H2,1-2H3,(H,20,23)/t17-/m0/s1. The van der Waals surface area contributed by atoms with E-state index in [1.54, 1.807) is 12.1 Å². The van der Waals surface area contributed by atoms with E-state index in [0.29, 0.717) is 11.6 Å². The number of benzene rings is 2. The summed E-state index contributed by atoms with van der Waals surface area (Å²) in [5.74, 6) is -0.0481. The first-order valence-corrected chi connectivity index (χ1v) is 7.93. The monoisotopic (exact) mass is 331 g/mol. The van der Waals surface area contributed by atoms with E-state index in [9.17, 15) is 4.79 Å². The summed E-state index contributed by atoms with van der Waals surface area (Å²) in [6.45, 7) is 1.41. The van der Waals surface area contributed by atoms with Crippen LogP contribution in [0.5, 0.6) is 0 Å². The number of carbonyl (C=O) groups excluding carboxylic acids is 1. The van der Waals surface area contributed by atoms with E-state index in [0.717, 1.165) is 17.8 Å². The van der Waals surface area contributed by atoms with E-state index >= 15 is 0 Å². The smallest absolute Gasteiger partial charge is 0.247 e. The first-order valence-electron chi connectivity index (χ1n) is 7.56. The minimum Gasteiger partial charge on any atom is -0.370 e. The van der Waals surface area contributed by atoms with Gasteiger partial charge in [-0.25, -0.2) is 0 Å². The third-order valence-electron chi connectivity index (χ3n) is 3.41. The molecule has 1 atom stereocenters. The first-order chi connectivity index (χ1) is 11.1. The van der Waals surface area contributed by atoms with Crippen molar-refractivity contribution in [3.8, 4) is 0 Å². The second-order valence-electron chi connectivity index (χ2n) is 5.59. The van der Waals surface area contributed by atoms with Gasteiger partial charge in [0.05, 0.1) is 0 Å². The number of rotatable bonds is 7. The van der Waals surface area contributed by atoms with Gasteiger partial charge in [-0.1, -0.05) is 41.9 Å². The average Bonchev–Trinajstić information content (AvgIpc) is 2.54. The molecule has 2 aromatic rings. The highest BCUT2D eigenvalue weighted by atomic mass is 35.5. The zero-order valence-electron chi connectivity index (χ0n) is 13.4. The Balaban J connectivity index is 2.11. The van der Waals surface area contributed by atoms with Gasteiger partial charge in [0.1, 0.15) is 6.04 Å². The summed E-state index contributed by atoms with van der Waals surface area (Å²) in [6, 6.07) is 16.6. The van der Waals surface area contributed by atoms with Gasteiger partial charge in [-0.3, -0.25) is 4.79 Å². The van der Waals surface area contributed by atoms with Gasteiger partial charge in [-0.15, -0.1) is 0 Å². The highest BCUT2D eigenvalue weighted by molar-refractivity contribution is 6.30. The Morgan fingerprint density at radius 1 is 1.09 bits per heavy atom. The molecule has 0 fully saturated rings. The second kappa shape index (κ2) is 8.56. The predicted molar refractivity (Wildman–Crippen MR) is 95.8 cm³/mol. The Morgan fingerprint density at radius 3 is 2.35 bits per heavy atom. The molecule has 0 aromatic heterocycles. The lowest BCUT2D eigenvalue weighted by molar-refractivity contribution is -0.122. The summed E-state index contributed by atoms with van der Waals surface area (Å²) >= 11 is 5.91. The maximum absolute atomic E-state index is 12.6. The van der Waals surface area contributed by atoms with Gasteiger partial charge in [-0.05, 0) is 43.9 Å². The highest BCUT2D eigenvalue weighted by Gasteiger charge is 2.20. The zero-order chi connectivity index (χ0) is 16.7. The fourth-order valence-corrected chi connectivity index (χ4v) is 2.29. The molecular weight excluding hydrogens is 310 g/mol. The van der Waals surface area contributed by atoms with E-state index in [1.165, 1.54) is 0 Å². The molecule has 0 unspecified atom stereocenters. The van der Waals surface area contributed by atoms with Gasteiger partial charge >= 0.3 is 0 Å². The molecule has 0 heterocycles. The fraction of sp³-hybridized carbons (Fsp3) is 0.278. The SMILES string of the molecule is CN(C)CCNC(=O)[C@@H](Nc1ccc(Cl)cc1)c1ccccc1.